The van der Waals surface area contributed by atoms with Crippen molar-refractivity contribution in [2.75, 3.05) is 18.1 Å². The largest absolute Gasteiger partial charge is 0.377 e. The number of ether oxygens (including phenoxy) is 1. The number of Topliss-reactive ketones (excluding diaryl/α,β-unsaturated/α-hetero) is 1. The fourth-order valence-electron chi connectivity index (χ4n) is 2.76. The van der Waals surface area contributed by atoms with Gasteiger partial charge in [0.15, 0.2) is 0 Å². The molecule has 3 nitrogen and oxygen atoms in total. The Morgan fingerprint density at radius 1 is 1.12 bits per heavy atom. The van der Waals surface area contributed by atoms with E-state index < -0.39 is 0 Å². The van der Waals surface area contributed by atoms with Gasteiger partial charge < -0.3 is 9.64 Å². The quantitative estimate of drug-likeness (QED) is 0.797. The standard InChI is InChI=1S/C13H14BrNO2/c14-9-1-3-10(4-2-9)15-11-5-13(16)6-12(15)8-17-7-11/h1-4,11-12H,5-8H2/t11-,12+. The molecule has 0 radical (unpaired) electrons. The molecule has 90 valence electrons. The molecule has 4 heteroatoms. The number of hydrogen-bond donors (Lipinski definition) is 0. The molecule has 0 unspecified atom stereocenters. The van der Waals surface area contributed by atoms with Crippen LogP contribution < -0.4 is 4.90 Å². The molecular weight excluding hydrogens is 282 g/mol. The van der Waals surface area contributed by atoms with Crippen molar-refractivity contribution in [1.82, 2.24) is 0 Å². The molecule has 0 aliphatic carbocycles. The Morgan fingerprint density at radius 3 is 2.29 bits per heavy atom. The minimum Gasteiger partial charge on any atom is -0.377 e. The zero-order valence-corrected chi connectivity index (χ0v) is 11.0. The fraction of sp³-hybridized carbons (Fsp3) is 0.462. The molecule has 2 fully saturated rings. The van der Waals surface area contributed by atoms with Crippen LogP contribution in [0.2, 0.25) is 0 Å². The molecule has 0 aromatic heterocycles. The van der Waals surface area contributed by atoms with Crippen molar-refractivity contribution in [1.29, 1.82) is 0 Å². The van der Waals surface area contributed by atoms with Gasteiger partial charge in [0.1, 0.15) is 5.78 Å². The molecule has 0 N–H and O–H groups in total. The molecule has 2 atom stereocenters. The predicted molar refractivity (Wildman–Crippen MR) is 69.3 cm³/mol. The molecule has 0 saturated carbocycles. The summed E-state index contributed by atoms with van der Waals surface area (Å²) in [5.74, 6) is 0.372. The second-order valence-corrected chi connectivity index (χ2v) is 5.59. The number of morpholine rings is 1. The second kappa shape index (κ2) is 4.42. The van der Waals surface area contributed by atoms with Gasteiger partial charge in [-0.2, -0.15) is 0 Å². The maximum absolute atomic E-state index is 11.6. The van der Waals surface area contributed by atoms with E-state index in [1.54, 1.807) is 0 Å². The minimum atomic E-state index is 0.219. The Morgan fingerprint density at radius 2 is 1.71 bits per heavy atom. The highest BCUT2D eigenvalue weighted by Crippen LogP contribution is 2.31. The monoisotopic (exact) mass is 295 g/mol. The van der Waals surface area contributed by atoms with Crippen molar-refractivity contribution < 1.29 is 9.53 Å². The van der Waals surface area contributed by atoms with E-state index in [2.05, 4.69) is 33.0 Å². The van der Waals surface area contributed by atoms with Crippen LogP contribution in [0.3, 0.4) is 0 Å². The molecule has 2 bridgehead atoms. The van der Waals surface area contributed by atoms with Crippen molar-refractivity contribution in [2.45, 2.75) is 24.9 Å². The number of carbonyl (C=O) groups excluding carboxylic acids is 1. The number of piperidine rings is 1. The van der Waals surface area contributed by atoms with Crippen LogP contribution in [0.25, 0.3) is 0 Å². The van der Waals surface area contributed by atoms with Gasteiger partial charge in [0, 0.05) is 23.0 Å². The molecule has 2 saturated heterocycles. The number of carbonyl (C=O) groups is 1. The lowest BCUT2D eigenvalue weighted by molar-refractivity contribution is -0.123. The van der Waals surface area contributed by atoms with Crippen LogP contribution in [0, 0.1) is 0 Å². The fourth-order valence-corrected chi connectivity index (χ4v) is 3.02. The topological polar surface area (TPSA) is 29.5 Å². The average molecular weight is 296 g/mol. The minimum absolute atomic E-state index is 0.219. The summed E-state index contributed by atoms with van der Waals surface area (Å²) in [5, 5.41) is 0. The van der Waals surface area contributed by atoms with Crippen molar-refractivity contribution in [3.05, 3.63) is 28.7 Å². The highest BCUT2D eigenvalue weighted by molar-refractivity contribution is 9.10. The van der Waals surface area contributed by atoms with E-state index in [-0.39, 0.29) is 12.1 Å². The maximum atomic E-state index is 11.6. The molecule has 17 heavy (non-hydrogen) atoms. The van der Waals surface area contributed by atoms with Gasteiger partial charge in [0.2, 0.25) is 0 Å². The van der Waals surface area contributed by atoms with Crippen LogP contribution in [0.15, 0.2) is 28.7 Å². The molecule has 1 aromatic carbocycles. The third-order valence-electron chi connectivity index (χ3n) is 3.46. The summed E-state index contributed by atoms with van der Waals surface area (Å²) >= 11 is 3.44. The third-order valence-corrected chi connectivity index (χ3v) is 3.99. The first-order chi connectivity index (χ1) is 8.24. The average Bonchev–Trinajstić information content (AvgIpc) is 2.29. The summed E-state index contributed by atoms with van der Waals surface area (Å²) in [6.07, 6.45) is 1.24. The molecule has 2 aliphatic rings. The summed E-state index contributed by atoms with van der Waals surface area (Å²) in [4.78, 5) is 14.0. The smallest absolute Gasteiger partial charge is 0.137 e. The third kappa shape index (κ3) is 2.11. The van der Waals surface area contributed by atoms with Gasteiger partial charge in [0.05, 0.1) is 25.3 Å². The number of fused-ring (bicyclic) bond motifs is 2. The molecule has 2 aliphatic heterocycles. The van der Waals surface area contributed by atoms with Crippen molar-refractivity contribution >= 4 is 27.4 Å². The van der Waals surface area contributed by atoms with Crippen LogP contribution in [-0.4, -0.2) is 31.1 Å². The summed E-state index contributed by atoms with van der Waals surface area (Å²) in [7, 11) is 0. The Hall–Kier alpha value is -0.870. The normalized spacial score (nSPS) is 28.3. The maximum Gasteiger partial charge on any atom is 0.137 e. The summed E-state index contributed by atoms with van der Waals surface area (Å²) < 4.78 is 6.64. The molecule has 0 amide bonds. The Balaban J connectivity index is 1.91. The van der Waals surface area contributed by atoms with Crippen LogP contribution >= 0.6 is 15.9 Å². The number of halogens is 1. The predicted octanol–water partition coefficient (Wildman–Crippen LogP) is 2.39. The molecule has 0 spiro atoms. The SMILES string of the molecule is O=C1C[C@H]2COC[C@@H](C1)N2c1ccc(Br)cc1. The number of anilines is 1. The number of nitrogens with zero attached hydrogens (tertiary/aromatic N) is 1. The van der Waals surface area contributed by atoms with E-state index >= 15 is 0 Å². The highest BCUT2D eigenvalue weighted by Gasteiger charge is 2.38. The van der Waals surface area contributed by atoms with Gasteiger partial charge in [0.25, 0.3) is 0 Å². The van der Waals surface area contributed by atoms with Gasteiger partial charge in [-0.3, -0.25) is 4.79 Å². The van der Waals surface area contributed by atoms with E-state index in [1.807, 2.05) is 12.1 Å². The molecule has 3 rings (SSSR count). The van der Waals surface area contributed by atoms with Crippen LogP contribution in [0.1, 0.15) is 12.8 Å². The Kier molecular flexibility index (Phi) is 2.92. The van der Waals surface area contributed by atoms with E-state index in [1.165, 1.54) is 5.69 Å². The van der Waals surface area contributed by atoms with Crippen molar-refractivity contribution in [2.24, 2.45) is 0 Å². The lowest BCUT2D eigenvalue weighted by Gasteiger charge is -2.46. The zero-order chi connectivity index (χ0) is 11.8. The van der Waals surface area contributed by atoms with Gasteiger partial charge in [-0.15, -0.1) is 0 Å². The number of ketones is 1. The summed E-state index contributed by atoms with van der Waals surface area (Å²) in [5.41, 5.74) is 1.19. The lowest BCUT2D eigenvalue weighted by atomic mass is 9.92. The van der Waals surface area contributed by atoms with Gasteiger partial charge in [-0.05, 0) is 24.3 Å². The van der Waals surface area contributed by atoms with Crippen molar-refractivity contribution in [3.8, 4) is 0 Å². The molecular formula is C13H14BrNO2. The first kappa shape index (κ1) is 11.2. The van der Waals surface area contributed by atoms with Crippen LogP contribution in [0.4, 0.5) is 5.69 Å². The Labute approximate surface area is 109 Å². The zero-order valence-electron chi connectivity index (χ0n) is 9.43. The van der Waals surface area contributed by atoms with E-state index in [9.17, 15) is 4.79 Å². The lowest BCUT2D eigenvalue weighted by Crippen LogP contribution is -2.57. The summed E-state index contributed by atoms with van der Waals surface area (Å²) in [6, 6.07) is 8.73. The first-order valence-corrected chi connectivity index (χ1v) is 6.66. The van der Waals surface area contributed by atoms with E-state index in [0.717, 1.165) is 4.47 Å². The van der Waals surface area contributed by atoms with Crippen molar-refractivity contribution in [3.63, 3.8) is 0 Å². The number of benzene rings is 1. The van der Waals surface area contributed by atoms with Gasteiger partial charge >= 0.3 is 0 Å². The highest BCUT2D eigenvalue weighted by atomic mass is 79.9. The van der Waals surface area contributed by atoms with Crippen LogP contribution in [-0.2, 0) is 9.53 Å². The Bertz CT molecular complexity index is 416. The van der Waals surface area contributed by atoms with Gasteiger partial charge in [-0.25, -0.2) is 0 Å². The van der Waals surface area contributed by atoms with Crippen LogP contribution in [0.5, 0.6) is 0 Å². The number of hydrogen-bond acceptors (Lipinski definition) is 3. The molecule has 1 aromatic rings. The summed E-state index contributed by atoms with van der Waals surface area (Å²) in [6.45, 7) is 1.33. The second-order valence-electron chi connectivity index (χ2n) is 4.68. The van der Waals surface area contributed by atoms with E-state index in [0.29, 0.717) is 31.8 Å². The number of rotatable bonds is 1. The first-order valence-electron chi connectivity index (χ1n) is 5.87. The van der Waals surface area contributed by atoms with Gasteiger partial charge in [-0.1, -0.05) is 15.9 Å². The van der Waals surface area contributed by atoms with E-state index in [4.69, 9.17) is 4.74 Å². The molecule has 2 heterocycles.